The van der Waals surface area contributed by atoms with Gasteiger partial charge in [-0.3, -0.25) is 4.79 Å². The van der Waals surface area contributed by atoms with Crippen molar-refractivity contribution in [1.29, 1.82) is 0 Å². The number of H-pyrrole nitrogens is 1. The van der Waals surface area contributed by atoms with Gasteiger partial charge in [0.15, 0.2) is 6.29 Å². The Balaban J connectivity index is 2.30. The number of nitrogens with one attached hydrogen (secondary N) is 1. The summed E-state index contributed by atoms with van der Waals surface area (Å²) in [7, 11) is 0. The third-order valence-corrected chi connectivity index (χ3v) is 4.12. The molecule has 0 saturated heterocycles. The highest BCUT2D eigenvalue weighted by Crippen LogP contribution is 2.34. The van der Waals surface area contributed by atoms with E-state index in [9.17, 15) is 4.79 Å². The number of aldehydes is 1. The fraction of sp³-hybridized carbons (Fsp3) is 0.167. The van der Waals surface area contributed by atoms with E-state index in [4.69, 9.17) is 11.6 Å². The minimum absolute atomic E-state index is 0.424. The third kappa shape index (κ3) is 2.36. The molecular weight excluding hydrogens is 282 g/mol. The smallest absolute Gasteiger partial charge is 0.152 e. The molecule has 2 aromatic carbocycles. The molecule has 106 valence electrons. The quantitative estimate of drug-likeness (QED) is 0.643. The molecule has 0 fully saturated rings. The average Bonchev–Trinajstić information content (AvgIpc) is 2.84. The van der Waals surface area contributed by atoms with Crippen LogP contribution < -0.4 is 0 Å². The molecule has 3 rings (SSSR count). The standard InChI is InChI=1S/C18H16ClNO/c1-11(2)12-7-8-17-14(9-12)15(10-21)18(20-17)13-5-3-4-6-16(13)19/h3-11,20H,1-2H3. The van der Waals surface area contributed by atoms with Crippen molar-refractivity contribution < 1.29 is 4.79 Å². The van der Waals surface area contributed by atoms with E-state index in [-0.39, 0.29) is 0 Å². The first-order valence-electron chi connectivity index (χ1n) is 6.97. The highest BCUT2D eigenvalue weighted by molar-refractivity contribution is 6.33. The van der Waals surface area contributed by atoms with Crippen LogP contribution in [0.15, 0.2) is 42.5 Å². The number of aromatic nitrogens is 1. The molecule has 3 aromatic rings. The molecule has 0 bridgehead atoms. The Morgan fingerprint density at radius 1 is 1.14 bits per heavy atom. The predicted octanol–water partition coefficient (Wildman–Crippen LogP) is 5.42. The molecule has 0 aliphatic rings. The lowest BCUT2D eigenvalue weighted by Gasteiger charge is -2.04. The summed E-state index contributed by atoms with van der Waals surface area (Å²) >= 11 is 6.26. The minimum Gasteiger partial charge on any atom is -0.354 e. The van der Waals surface area contributed by atoms with Crippen molar-refractivity contribution in [3.8, 4) is 11.3 Å². The molecule has 0 amide bonds. The van der Waals surface area contributed by atoms with E-state index in [1.807, 2.05) is 30.3 Å². The van der Waals surface area contributed by atoms with Crippen molar-refractivity contribution >= 4 is 28.8 Å². The monoisotopic (exact) mass is 297 g/mol. The second-order valence-electron chi connectivity index (χ2n) is 5.47. The van der Waals surface area contributed by atoms with Crippen LogP contribution in [0.1, 0.15) is 35.7 Å². The Morgan fingerprint density at radius 2 is 1.90 bits per heavy atom. The van der Waals surface area contributed by atoms with Crippen LogP contribution >= 0.6 is 11.6 Å². The van der Waals surface area contributed by atoms with Crippen molar-refractivity contribution in [2.24, 2.45) is 0 Å². The summed E-state index contributed by atoms with van der Waals surface area (Å²) in [6.45, 7) is 4.28. The molecule has 0 atom stereocenters. The summed E-state index contributed by atoms with van der Waals surface area (Å²) in [6.07, 6.45) is 0.904. The van der Waals surface area contributed by atoms with E-state index >= 15 is 0 Å². The van der Waals surface area contributed by atoms with E-state index in [2.05, 4.69) is 31.0 Å². The molecule has 0 aliphatic carbocycles. The number of carbonyl (C=O) groups is 1. The van der Waals surface area contributed by atoms with Crippen molar-refractivity contribution in [1.82, 2.24) is 4.98 Å². The second-order valence-corrected chi connectivity index (χ2v) is 5.88. The fourth-order valence-electron chi connectivity index (χ4n) is 2.59. The van der Waals surface area contributed by atoms with Crippen LogP contribution in [-0.2, 0) is 0 Å². The van der Waals surface area contributed by atoms with Crippen LogP contribution in [0.3, 0.4) is 0 Å². The molecule has 0 spiro atoms. The van der Waals surface area contributed by atoms with Crippen molar-refractivity contribution in [3.63, 3.8) is 0 Å². The summed E-state index contributed by atoms with van der Waals surface area (Å²) in [5.41, 5.74) is 4.47. The molecule has 2 nitrogen and oxygen atoms in total. The van der Waals surface area contributed by atoms with Gasteiger partial charge in [-0.15, -0.1) is 0 Å². The number of hydrogen-bond acceptors (Lipinski definition) is 1. The van der Waals surface area contributed by atoms with Gasteiger partial charge < -0.3 is 4.98 Å². The molecule has 1 heterocycles. The number of aromatic amines is 1. The van der Waals surface area contributed by atoms with Gasteiger partial charge in [0.25, 0.3) is 0 Å². The Labute approximate surface area is 128 Å². The number of fused-ring (bicyclic) bond motifs is 1. The molecule has 0 saturated carbocycles. The van der Waals surface area contributed by atoms with Gasteiger partial charge >= 0.3 is 0 Å². The molecular formula is C18H16ClNO. The maximum Gasteiger partial charge on any atom is 0.152 e. The topological polar surface area (TPSA) is 32.9 Å². The summed E-state index contributed by atoms with van der Waals surface area (Å²) in [5.74, 6) is 0.424. The third-order valence-electron chi connectivity index (χ3n) is 3.79. The lowest BCUT2D eigenvalue weighted by Crippen LogP contribution is -1.87. The Kier molecular flexibility index (Phi) is 3.56. The SMILES string of the molecule is CC(C)c1ccc2[nH]c(-c3ccccc3Cl)c(C=O)c2c1. The lowest BCUT2D eigenvalue weighted by atomic mass is 9.99. The second kappa shape index (κ2) is 5.38. The first-order chi connectivity index (χ1) is 10.1. The Bertz CT molecular complexity index is 817. The Hall–Kier alpha value is -2.06. The van der Waals surface area contributed by atoms with Crippen molar-refractivity contribution in [2.75, 3.05) is 0 Å². The molecule has 1 N–H and O–H groups in total. The van der Waals surface area contributed by atoms with Gasteiger partial charge in [0, 0.05) is 27.1 Å². The summed E-state index contributed by atoms with van der Waals surface area (Å²) in [5, 5.41) is 1.59. The van der Waals surface area contributed by atoms with Crippen LogP contribution in [0.5, 0.6) is 0 Å². The molecule has 21 heavy (non-hydrogen) atoms. The molecule has 0 unspecified atom stereocenters. The summed E-state index contributed by atoms with van der Waals surface area (Å²) in [6, 6.07) is 13.7. The predicted molar refractivity (Wildman–Crippen MR) is 88.2 cm³/mol. The van der Waals surface area contributed by atoms with Crippen molar-refractivity contribution in [3.05, 3.63) is 58.6 Å². The highest BCUT2D eigenvalue weighted by Gasteiger charge is 2.15. The van der Waals surface area contributed by atoms with E-state index in [1.54, 1.807) is 0 Å². The Morgan fingerprint density at radius 3 is 2.57 bits per heavy atom. The van der Waals surface area contributed by atoms with E-state index in [0.29, 0.717) is 16.5 Å². The zero-order chi connectivity index (χ0) is 15.0. The number of halogens is 1. The molecule has 0 radical (unpaired) electrons. The molecule has 1 aromatic heterocycles. The van der Waals surface area contributed by atoms with Crippen LogP contribution in [0.4, 0.5) is 0 Å². The number of carbonyl (C=O) groups excluding carboxylic acids is 1. The summed E-state index contributed by atoms with van der Waals surface area (Å²) in [4.78, 5) is 14.9. The first-order valence-corrected chi connectivity index (χ1v) is 7.35. The van der Waals surface area contributed by atoms with Gasteiger partial charge in [0.2, 0.25) is 0 Å². The highest BCUT2D eigenvalue weighted by atomic mass is 35.5. The number of rotatable bonds is 3. The van der Waals surface area contributed by atoms with Crippen LogP contribution in [0.25, 0.3) is 22.2 Å². The summed E-state index contributed by atoms with van der Waals surface area (Å²) < 4.78 is 0. The number of benzene rings is 2. The minimum atomic E-state index is 0.424. The van der Waals surface area contributed by atoms with Gasteiger partial charge in [-0.1, -0.05) is 49.7 Å². The van der Waals surface area contributed by atoms with Crippen LogP contribution in [-0.4, -0.2) is 11.3 Å². The van der Waals surface area contributed by atoms with Gasteiger partial charge in [-0.05, 0) is 29.7 Å². The zero-order valence-electron chi connectivity index (χ0n) is 12.0. The lowest BCUT2D eigenvalue weighted by molar-refractivity contribution is 0.112. The van der Waals surface area contributed by atoms with E-state index in [0.717, 1.165) is 28.4 Å². The number of hydrogen-bond donors (Lipinski definition) is 1. The zero-order valence-corrected chi connectivity index (χ0v) is 12.7. The van der Waals surface area contributed by atoms with E-state index in [1.165, 1.54) is 5.56 Å². The van der Waals surface area contributed by atoms with Gasteiger partial charge in [-0.2, -0.15) is 0 Å². The average molecular weight is 298 g/mol. The van der Waals surface area contributed by atoms with Crippen LogP contribution in [0.2, 0.25) is 5.02 Å². The van der Waals surface area contributed by atoms with Crippen LogP contribution in [0, 0.1) is 0 Å². The van der Waals surface area contributed by atoms with Gasteiger partial charge in [0.1, 0.15) is 0 Å². The normalized spacial score (nSPS) is 11.2. The first kappa shape index (κ1) is 13.9. The van der Waals surface area contributed by atoms with Gasteiger partial charge in [-0.25, -0.2) is 0 Å². The maximum absolute atomic E-state index is 11.6. The molecule has 0 aliphatic heterocycles. The van der Waals surface area contributed by atoms with Gasteiger partial charge in [0.05, 0.1) is 5.69 Å². The van der Waals surface area contributed by atoms with Crippen molar-refractivity contribution in [2.45, 2.75) is 19.8 Å². The molecule has 3 heteroatoms. The van der Waals surface area contributed by atoms with E-state index < -0.39 is 0 Å². The largest absolute Gasteiger partial charge is 0.354 e. The fourth-order valence-corrected chi connectivity index (χ4v) is 2.82. The maximum atomic E-state index is 11.6.